The third-order valence-corrected chi connectivity index (χ3v) is 2.58. The molecule has 0 unspecified atom stereocenters. The van der Waals surface area contributed by atoms with Gasteiger partial charge in [0.2, 0.25) is 0 Å². The summed E-state index contributed by atoms with van der Waals surface area (Å²) in [6.07, 6.45) is 2.13. The standard InChI is InChI=1S/C14H25NO3/c1-6-12(11(2)3)13(17)15-8-10-18-14(4,5)7-9-16/h6,16H,1,7-10H2,2-5H3,(H,15,17). The van der Waals surface area contributed by atoms with E-state index >= 15 is 0 Å². The Hall–Kier alpha value is -1.13. The number of rotatable bonds is 8. The molecule has 1 amide bonds. The number of ether oxygens (including phenoxy) is 1. The summed E-state index contributed by atoms with van der Waals surface area (Å²) >= 11 is 0. The Bertz CT molecular complexity index is 315. The van der Waals surface area contributed by atoms with Gasteiger partial charge in [-0.25, -0.2) is 0 Å². The zero-order chi connectivity index (χ0) is 14.2. The van der Waals surface area contributed by atoms with Crippen LogP contribution in [-0.4, -0.2) is 36.4 Å². The first kappa shape index (κ1) is 16.9. The van der Waals surface area contributed by atoms with Crippen molar-refractivity contribution in [1.29, 1.82) is 0 Å². The van der Waals surface area contributed by atoms with Crippen LogP contribution in [0.15, 0.2) is 23.8 Å². The summed E-state index contributed by atoms with van der Waals surface area (Å²) in [6, 6.07) is 0. The van der Waals surface area contributed by atoms with Crippen LogP contribution in [0, 0.1) is 0 Å². The number of carbonyl (C=O) groups is 1. The molecule has 0 aliphatic rings. The van der Waals surface area contributed by atoms with Gasteiger partial charge in [0.15, 0.2) is 0 Å². The second-order valence-electron chi connectivity index (χ2n) is 4.96. The molecule has 0 radical (unpaired) electrons. The van der Waals surface area contributed by atoms with Gasteiger partial charge in [0, 0.05) is 18.7 Å². The highest BCUT2D eigenvalue weighted by molar-refractivity contribution is 5.96. The number of hydrogen-bond acceptors (Lipinski definition) is 3. The third kappa shape index (κ3) is 6.57. The van der Waals surface area contributed by atoms with Crippen LogP contribution in [0.2, 0.25) is 0 Å². The molecule has 0 aromatic rings. The molecule has 0 aromatic heterocycles. The maximum absolute atomic E-state index is 11.7. The van der Waals surface area contributed by atoms with E-state index in [9.17, 15) is 4.79 Å². The number of hydrogen-bond donors (Lipinski definition) is 2. The van der Waals surface area contributed by atoms with E-state index in [4.69, 9.17) is 9.84 Å². The molecular weight excluding hydrogens is 230 g/mol. The maximum atomic E-state index is 11.7. The van der Waals surface area contributed by atoms with Gasteiger partial charge in [-0.2, -0.15) is 0 Å². The molecule has 18 heavy (non-hydrogen) atoms. The Kier molecular flexibility index (Phi) is 7.55. The second kappa shape index (κ2) is 8.06. The third-order valence-electron chi connectivity index (χ3n) is 2.58. The van der Waals surface area contributed by atoms with E-state index in [1.165, 1.54) is 0 Å². The van der Waals surface area contributed by atoms with Gasteiger partial charge in [-0.05, 0) is 34.1 Å². The number of aliphatic hydroxyl groups excluding tert-OH is 1. The zero-order valence-electron chi connectivity index (χ0n) is 11.9. The molecule has 0 aromatic carbocycles. The largest absolute Gasteiger partial charge is 0.396 e. The van der Waals surface area contributed by atoms with Gasteiger partial charge in [-0.3, -0.25) is 4.79 Å². The highest BCUT2D eigenvalue weighted by Gasteiger charge is 2.17. The molecule has 0 saturated heterocycles. The molecular formula is C14H25NO3. The lowest BCUT2D eigenvalue weighted by Gasteiger charge is -2.24. The predicted molar refractivity (Wildman–Crippen MR) is 73.3 cm³/mol. The van der Waals surface area contributed by atoms with Crippen LogP contribution in [0.25, 0.3) is 0 Å². The molecule has 104 valence electrons. The second-order valence-corrected chi connectivity index (χ2v) is 4.96. The molecule has 4 heteroatoms. The first-order valence-corrected chi connectivity index (χ1v) is 6.17. The van der Waals surface area contributed by atoms with Crippen molar-refractivity contribution >= 4 is 5.91 Å². The predicted octanol–water partition coefficient (Wildman–Crippen LogP) is 1.80. The van der Waals surface area contributed by atoms with Gasteiger partial charge in [0.1, 0.15) is 0 Å². The fourth-order valence-corrected chi connectivity index (χ4v) is 1.45. The summed E-state index contributed by atoms with van der Waals surface area (Å²) in [5.74, 6) is -0.131. The van der Waals surface area contributed by atoms with Crippen molar-refractivity contribution in [2.45, 2.75) is 39.7 Å². The summed E-state index contributed by atoms with van der Waals surface area (Å²) in [6.45, 7) is 12.1. The lowest BCUT2D eigenvalue weighted by atomic mass is 10.1. The Morgan fingerprint density at radius 1 is 1.44 bits per heavy atom. The maximum Gasteiger partial charge on any atom is 0.251 e. The topological polar surface area (TPSA) is 58.6 Å². The summed E-state index contributed by atoms with van der Waals surface area (Å²) in [5, 5.41) is 11.6. The van der Waals surface area contributed by atoms with Crippen molar-refractivity contribution in [2.75, 3.05) is 19.8 Å². The van der Waals surface area contributed by atoms with Gasteiger partial charge in [0.25, 0.3) is 5.91 Å². The SMILES string of the molecule is C=CC(C(=O)NCCOC(C)(C)CCO)=C(C)C. The molecule has 0 rings (SSSR count). The summed E-state index contributed by atoms with van der Waals surface area (Å²) < 4.78 is 5.58. The van der Waals surface area contributed by atoms with Gasteiger partial charge < -0.3 is 15.2 Å². The van der Waals surface area contributed by atoms with Crippen molar-refractivity contribution in [3.05, 3.63) is 23.8 Å². The van der Waals surface area contributed by atoms with E-state index in [1.807, 2.05) is 27.7 Å². The van der Waals surface area contributed by atoms with Crippen molar-refractivity contribution in [1.82, 2.24) is 5.32 Å². The quantitative estimate of drug-likeness (QED) is 0.395. The average molecular weight is 255 g/mol. The van der Waals surface area contributed by atoms with E-state index in [1.54, 1.807) is 6.08 Å². The van der Waals surface area contributed by atoms with Gasteiger partial charge in [-0.1, -0.05) is 18.2 Å². The van der Waals surface area contributed by atoms with Crippen LogP contribution in [0.5, 0.6) is 0 Å². The highest BCUT2D eigenvalue weighted by Crippen LogP contribution is 2.12. The number of carbonyl (C=O) groups excluding carboxylic acids is 1. The highest BCUT2D eigenvalue weighted by atomic mass is 16.5. The van der Waals surface area contributed by atoms with Crippen LogP contribution < -0.4 is 5.32 Å². The molecule has 2 N–H and O–H groups in total. The molecule has 0 bridgehead atoms. The first-order chi connectivity index (χ1) is 8.34. The van der Waals surface area contributed by atoms with Crippen molar-refractivity contribution in [2.24, 2.45) is 0 Å². The molecule has 0 fully saturated rings. The minimum absolute atomic E-state index is 0.0950. The van der Waals surface area contributed by atoms with E-state index in [0.717, 1.165) is 5.57 Å². The zero-order valence-corrected chi connectivity index (χ0v) is 11.9. The summed E-state index contributed by atoms with van der Waals surface area (Å²) in [4.78, 5) is 11.7. The summed E-state index contributed by atoms with van der Waals surface area (Å²) in [7, 11) is 0. The van der Waals surface area contributed by atoms with Crippen molar-refractivity contribution in [3.63, 3.8) is 0 Å². The van der Waals surface area contributed by atoms with Crippen LogP contribution in [0.4, 0.5) is 0 Å². The Labute approximate surface area is 110 Å². The van der Waals surface area contributed by atoms with E-state index in [0.29, 0.717) is 25.1 Å². The molecule has 0 aliphatic heterocycles. The molecule has 0 aliphatic carbocycles. The first-order valence-electron chi connectivity index (χ1n) is 6.17. The van der Waals surface area contributed by atoms with Gasteiger partial charge in [-0.15, -0.1) is 0 Å². The minimum atomic E-state index is -0.364. The fraction of sp³-hybridized carbons (Fsp3) is 0.643. The molecule has 0 spiro atoms. The van der Waals surface area contributed by atoms with Gasteiger partial charge >= 0.3 is 0 Å². The Balaban J connectivity index is 4.03. The monoisotopic (exact) mass is 255 g/mol. The van der Waals surface area contributed by atoms with E-state index < -0.39 is 0 Å². The molecule has 0 atom stereocenters. The van der Waals surface area contributed by atoms with E-state index in [-0.39, 0.29) is 18.1 Å². The van der Waals surface area contributed by atoms with Crippen LogP contribution >= 0.6 is 0 Å². The normalized spacial score (nSPS) is 10.9. The average Bonchev–Trinajstić information content (AvgIpc) is 2.24. The van der Waals surface area contributed by atoms with Crippen LogP contribution in [-0.2, 0) is 9.53 Å². The fourth-order valence-electron chi connectivity index (χ4n) is 1.45. The number of allylic oxidation sites excluding steroid dienone is 1. The lowest BCUT2D eigenvalue weighted by molar-refractivity contribution is -0.118. The Morgan fingerprint density at radius 3 is 2.50 bits per heavy atom. The minimum Gasteiger partial charge on any atom is -0.396 e. The van der Waals surface area contributed by atoms with Crippen LogP contribution in [0.3, 0.4) is 0 Å². The molecule has 0 saturated carbocycles. The van der Waals surface area contributed by atoms with Gasteiger partial charge in [0.05, 0.1) is 12.2 Å². The lowest BCUT2D eigenvalue weighted by Crippen LogP contribution is -2.33. The smallest absolute Gasteiger partial charge is 0.251 e. The number of aliphatic hydroxyl groups is 1. The summed E-state index contributed by atoms with van der Waals surface area (Å²) in [5.41, 5.74) is 1.17. The number of nitrogens with one attached hydrogen (secondary N) is 1. The molecule has 0 heterocycles. The Morgan fingerprint density at radius 2 is 2.06 bits per heavy atom. The van der Waals surface area contributed by atoms with Crippen molar-refractivity contribution in [3.8, 4) is 0 Å². The molecule has 4 nitrogen and oxygen atoms in total. The van der Waals surface area contributed by atoms with Crippen molar-refractivity contribution < 1.29 is 14.6 Å². The van der Waals surface area contributed by atoms with Crippen LogP contribution in [0.1, 0.15) is 34.1 Å². The number of amides is 1. The van der Waals surface area contributed by atoms with E-state index in [2.05, 4.69) is 11.9 Å².